The van der Waals surface area contributed by atoms with Crippen molar-refractivity contribution in [3.8, 4) is 0 Å². The summed E-state index contributed by atoms with van der Waals surface area (Å²) >= 11 is 0. The third-order valence-corrected chi connectivity index (χ3v) is 2.67. The molecule has 0 heterocycles. The summed E-state index contributed by atoms with van der Waals surface area (Å²) in [4.78, 5) is 10.5. The molecular formula is C10H18N2O. The van der Waals surface area contributed by atoms with Crippen molar-refractivity contribution < 1.29 is 4.79 Å². The Balaban J connectivity index is 2.33. The minimum absolute atomic E-state index is 0.0975. The zero-order valence-corrected chi connectivity index (χ0v) is 8.42. The summed E-state index contributed by atoms with van der Waals surface area (Å²) in [6.45, 7) is 3.73. The van der Waals surface area contributed by atoms with Crippen LogP contribution < -0.4 is 5.43 Å². The SMILES string of the molecule is CC(=O)N/N=C/C1CCCCC1C. The molecule has 0 aromatic carbocycles. The Labute approximate surface area is 79.6 Å². The van der Waals surface area contributed by atoms with Crippen molar-refractivity contribution in [1.82, 2.24) is 5.43 Å². The van der Waals surface area contributed by atoms with Crippen LogP contribution in [0, 0.1) is 11.8 Å². The Morgan fingerprint density at radius 2 is 2.15 bits per heavy atom. The molecule has 0 aliphatic heterocycles. The standard InChI is InChI=1S/C10H18N2O/c1-8-5-3-4-6-10(8)7-11-12-9(2)13/h7-8,10H,3-6H2,1-2H3,(H,12,13)/b11-7+. The molecule has 13 heavy (non-hydrogen) atoms. The lowest BCUT2D eigenvalue weighted by molar-refractivity contribution is -0.118. The first kappa shape index (κ1) is 10.2. The topological polar surface area (TPSA) is 41.5 Å². The number of carbonyl (C=O) groups is 1. The molecule has 0 bridgehead atoms. The summed E-state index contributed by atoms with van der Waals surface area (Å²) in [7, 11) is 0. The van der Waals surface area contributed by atoms with Gasteiger partial charge >= 0.3 is 0 Å². The maximum atomic E-state index is 10.5. The van der Waals surface area contributed by atoms with Gasteiger partial charge in [0.15, 0.2) is 0 Å². The van der Waals surface area contributed by atoms with Crippen LogP contribution in [0.25, 0.3) is 0 Å². The molecule has 0 saturated heterocycles. The van der Waals surface area contributed by atoms with Gasteiger partial charge in [-0.05, 0) is 18.3 Å². The van der Waals surface area contributed by atoms with E-state index in [1.165, 1.54) is 32.6 Å². The van der Waals surface area contributed by atoms with Gasteiger partial charge < -0.3 is 0 Å². The van der Waals surface area contributed by atoms with Crippen LogP contribution in [0.4, 0.5) is 0 Å². The minimum Gasteiger partial charge on any atom is -0.274 e. The van der Waals surface area contributed by atoms with Crippen molar-refractivity contribution in [1.29, 1.82) is 0 Å². The molecule has 0 aromatic rings. The molecule has 0 spiro atoms. The third kappa shape index (κ3) is 3.57. The molecule has 2 unspecified atom stereocenters. The number of carbonyl (C=O) groups excluding carboxylic acids is 1. The number of rotatable bonds is 2. The number of hydrazone groups is 1. The lowest BCUT2D eigenvalue weighted by Gasteiger charge is -2.24. The summed E-state index contributed by atoms with van der Waals surface area (Å²) in [6.07, 6.45) is 7.03. The van der Waals surface area contributed by atoms with Gasteiger partial charge in [-0.15, -0.1) is 0 Å². The number of amides is 1. The van der Waals surface area contributed by atoms with E-state index in [1.807, 2.05) is 6.21 Å². The fourth-order valence-electron chi connectivity index (χ4n) is 1.79. The van der Waals surface area contributed by atoms with Crippen molar-refractivity contribution in [2.75, 3.05) is 0 Å². The quantitative estimate of drug-likeness (QED) is 0.514. The fourth-order valence-corrected chi connectivity index (χ4v) is 1.79. The molecule has 1 fully saturated rings. The predicted octanol–water partition coefficient (Wildman–Crippen LogP) is 1.93. The zero-order chi connectivity index (χ0) is 9.68. The highest BCUT2D eigenvalue weighted by atomic mass is 16.2. The second kappa shape index (κ2) is 5.00. The Hall–Kier alpha value is -0.860. The minimum atomic E-state index is -0.0975. The van der Waals surface area contributed by atoms with Crippen LogP contribution in [0.5, 0.6) is 0 Å². The van der Waals surface area contributed by atoms with Gasteiger partial charge in [-0.1, -0.05) is 26.2 Å². The first-order valence-corrected chi connectivity index (χ1v) is 5.00. The maximum Gasteiger partial charge on any atom is 0.236 e. The number of nitrogens with zero attached hydrogens (tertiary/aromatic N) is 1. The molecule has 1 aliphatic carbocycles. The van der Waals surface area contributed by atoms with E-state index in [0.717, 1.165) is 0 Å². The first-order valence-electron chi connectivity index (χ1n) is 5.00. The summed E-state index contributed by atoms with van der Waals surface area (Å²) in [6, 6.07) is 0. The van der Waals surface area contributed by atoms with E-state index >= 15 is 0 Å². The van der Waals surface area contributed by atoms with E-state index in [0.29, 0.717) is 11.8 Å². The molecule has 2 atom stereocenters. The van der Waals surface area contributed by atoms with Gasteiger partial charge in [0, 0.05) is 13.1 Å². The van der Waals surface area contributed by atoms with Crippen LogP contribution in [0.15, 0.2) is 5.10 Å². The van der Waals surface area contributed by atoms with Crippen LogP contribution in [0.1, 0.15) is 39.5 Å². The molecule has 1 aliphatic rings. The third-order valence-electron chi connectivity index (χ3n) is 2.67. The van der Waals surface area contributed by atoms with E-state index < -0.39 is 0 Å². The van der Waals surface area contributed by atoms with Crippen molar-refractivity contribution in [3.63, 3.8) is 0 Å². The molecular weight excluding hydrogens is 164 g/mol. The average molecular weight is 182 g/mol. The number of hydrogen-bond acceptors (Lipinski definition) is 2. The van der Waals surface area contributed by atoms with Gasteiger partial charge in [0.2, 0.25) is 5.91 Å². The number of hydrogen-bond donors (Lipinski definition) is 1. The van der Waals surface area contributed by atoms with Crippen LogP contribution >= 0.6 is 0 Å². The second-order valence-corrected chi connectivity index (χ2v) is 3.87. The summed E-state index contributed by atoms with van der Waals surface area (Å²) < 4.78 is 0. The lowest BCUT2D eigenvalue weighted by Crippen LogP contribution is -2.20. The molecule has 1 N–H and O–H groups in total. The molecule has 3 nitrogen and oxygen atoms in total. The van der Waals surface area contributed by atoms with Crippen molar-refractivity contribution in [2.24, 2.45) is 16.9 Å². The molecule has 1 amide bonds. The zero-order valence-electron chi connectivity index (χ0n) is 8.42. The van der Waals surface area contributed by atoms with E-state index in [9.17, 15) is 4.79 Å². The monoisotopic (exact) mass is 182 g/mol. The van der Waals surface area contributed by atoms with Crippen molar-refractivity contribution in [3.05, 3.63) is 0 Å². The van der Waals surface area contributed by atoms with Crippen LogP contribution in [-0.4, -0.2) is 12.1 Å². The molecule has 1 saturated carbocycles. The first-order chi connectivity index (χ1) is 6.20. The lowest BCUT2D eigenvalue weighted by atomic mass is 9.81. The van der Waals surface area contributed by atoms with Crippen LogP contribution in [-0.2, 0) is 4.79 Å². The van der Waals surface area contributed by atoms with Crippen LogP contribution in [0.2, 0.25) is 0 Å². The highest BCUT2D eigenvalue weighted by Crippen LogP contribution is 2.27. The summed E-state index contributed by atoms with van der Waals surface area (Å²) in [5.74, 6) is 1.17. The van der Waals surface area contributed by atoms with Crippen LogP contribution in [0.3, 0.4) is 0 Å². The van der Waals surface area contributed by atoms with Crippen molar-refractivity contribution >= 4 is 12.1 Å². The van der Waals surface area contributed by atoms with Gasteiger partial charge in [0.1, 0.15) is 0 Å². The molecule has 1 rings (SSSR count). The van der Waals surface area contributed by atoms with Gasteiger partial charge in [0.25, 0.3) is 0 Å². The number of nitrogens with one attached hydrogen (secondary N) is 1. The molecule has 0 aromatic heterocycles. The van der Waals surface area contributed by atoms with E-state index in [1.54, 1.807) is 0 Å². The van der Waals surface area contributed by atoms with Gasteiger partial charge in [-0.2, -0.15) is 5.10 Å². The van der Waals surface area contributed by atoms with Gasteiger partial charge in [-0.25, -0.2) is 5.43 Å². The summed E-state index contributed by atoms with van der Waals surface area (Å²) in [5, 5.41) is 3.92. The van der Waals surface area contributed by atoms with Crippen molar-refractivity contribution in [2.45, 2.75) is 39.5 Å². The van der Waals surface area contributed by atoms with Gasteiger partial charge in [-0.3, -0.25) is 4.79 Å². The smallest absolute Gasteiger partial charge is 0.236 e. The molecule has 3 heteroatoms. The Morgan fingerprint density at radius 3 is 2.77 bits per heavy atom. The Bertz CT molecular complexity index is 201. The Kier molecular flexibility index (Phi) is 3.93. The summed E-state index contributed by atoms with van der Waals surface area (Å²) in [5.41, 5.74) is 2.44. The normalized spacial score (nSPS) is 29.1. The molecule has 0 radical (unpaired) electrons. The second-order valence-electron chi connectivity index (χ2n) is 3.87. The highest BCUT2D eigenvalue weighted by Gasteiger charge is 2.19. The highest BCUT2D eigenvalue weighted by molar-refractivity contribution is 5.74. The molecule has 74 valence electrons. The maximum absolute atomic E-state index is 10.5. The van der Waals surface area contributed by atoms with E-state index in [4.69, 9.17) is 0 Å². The van der Waals surface area contributed by atoms with E-state index in [-0.39, 0.29) is 5.91 Å². The average Bonchev–Trinajstić information content (AvgIpc) is 2.08. The van der Waals surface area contributed by atoms with Gasteiger partial charge in [0.05, 0.1) is 0 Å². The Morgan fingerprint density at radius 1 is 1.46 bits per heavy atom. The fraction of sp³-hybridized carbons (Fsp3) is 0.800. The largest absolute Gasteiger partial charge is 0.274 e. The van der Waals surface area contributed by atoms with E-state index in [2.05, 4.69) is 17.5 Å². The predicted molar refractivity (Wildman–Crippen MR) is 53.4 cm³/mol.